The van der Waals surface area contributed by atoms with Gasteiger partial charge in [-0.2, -0.15) is 0 Å². The molecule has 1 heterocycles. The first-order valence-corrected chi connectivity index (χ1v) is 6.82. The van der Waals surface area contributed by atoms with E-state index in [2.05, 4.69) is 10.2 Å². The number of nitrogens with zero attached hydrogens (tertiary/aromatic N) is 1. The van der Waals surface area contributed by atoms with Crippen LogP contribution in [0.2, 0.25) is 0 Å². The lowest BCUT2D eigenvalue weighted by molar-refractivity contribution is -0.129. The SMILES string of the molecule is CNC(=O)C1(C)CCN(C(C)c2ccc(O)cc2F)C1. The van der Waals surface area contributed by atoms with Crippen molar-refractivity contribution in [1.82, 2.24) is 10.2 Å². The van der Waals surface area contributed by atoms with Crippen LogP contribution < -0.4 is 5.32 Å². The first kappa shape index (κ1) is 14.8. The Morgan fingerprint density at radius 2 is 2.25 bits per heavy atom. The Morgan fingerprint density at radius 3 is 2.85 bits per heavy atom. The second kappa shape index (κ2) is 5.40. The number of carbonyl (C=O) groups excluding carboxylic acids is 1. The summed E-state index contributed by atoms with van der Waals surface area (Å²) in [6, 6.07) is 4.09. The van der Waals surface area contributed by atoms with Gasteiger partial charge in [-0.15, -0.1) is 0 Å². The summed E-state index contributed by atoms with van der Waals surface area (Å²) in [4.78, 5) is 14.0. The van der Waals surface area contributed by atoms with Gasteiger partial charge in [0.1, 0.15) is 11.6 Å². The average molecular weight is 280 g/mol. The molecule has 0 spiro atoms. The van der Waals surface area contributed by atoms with Crippen LogP contribution in [-0.2, 0) is 4.79 Å². The number of phenolic OH excluding ortho intramolecular Hbond substituents is 1. The third-order valence-corrected chi connectivity index (χ3v) is 4.26. The number of carbonyl (C=O) groups is 1. The Morgan fingerprint density at radius 1 is 1.55 bits per heavy atom. The predicted molar refractivity (Wildman–Crippen MR) is 74.8 cm³/mol. The molecule has 1 fully saturated rings. The van der Waals surface area contributed by atoms with E-state index < -0.39 is 11.2 Å². The van der Waals surface area contributed by atoms with E-state index in [0.29, 0.717) is 12.1 Å². The topological polar surface area (TPSA) is 52.6 Å². The van der Waals surface area contributed by atoms with E-state index in [4.69, 9.17) is 0 Å². The fourth-order valence-corrected chi connectivity index (χ4v) is 2.87. The van der Waals surface area contributed by atoms with Gasteiger partial charge in [0.15, 0.2) is 0 Å². The van der Waals surface area contributed by atoms with Crippen LogP contribution in [-0.4, -0.2) is 36.1 Å². The molecule has 1 aliphatic heterocycles. The van der Waals surface area contributed by atoms with Crippen LogP contribution >= 0.6 is 0 Å². The number of benzene rings is 1. The van der Waals surface area contributed by atoms with Crippen LogP contribution in [0, 0.1) is 11.2 Å². The quantitative estimate of drug-likeness (QED) is 0.891. The Balaban J connectivity index is 2.15. The van der Waals surface area contributed by atoms with Crippen molar-refractivity contribution in [2.75, 3.05) is 20.1 Å². The van der Waals surface area contributed by atoms with Crippen molar-refractivity contribution in [3.05, 3.63) is 29.6 Å². The number of amides is 1. The third kappa shape index (κ3) is 2.63. The lowest BCUT2D eigenvalue weighted by atomic mass is 9.89. The molecular formula is C15H21FN2O2. The van der Waals surface area contributed by atoms with E-state index in [1.165, 1.54) is 6.07 Å². The Bertz CT molecular complexity index is 521. The molecule has 20 heavy (non-hydrogen) atoms. The second-order valence-electron chi connectivity index (χ2n) is 5.74. The maximum atomic E-state index is 13.9. The van der Waals surface area contributed by atoms with Crippen LogP contribution in [0.3, 0.4) is 0 Å². The summed E-state index contributed by atoms with van der Waals surface area (Å²) in [5, 5.41) is 12.0. The van der Waals surface area contributed by atoms with Gasteiger partial charge in [-0.05, 0) is 32.9 Å². The van der Waals surface area contributed by atoms with Crippen molar-refractivity contribution < 1.29 is 14.3 Å². The molecule has 0 aromatic heterocycles. The van der Waals surface area contributed by atoms with Gasteiger partial charge in [0.25, 0.3) is 0 Å². The van der Waals surface area contributed by atoms with Gasteiger partial charge in [-0.3, -0.25) is 9.69 Å². The highest BCUT2D eigenvalue weighted by Gasteiger charge is 2.41. The van der Waals surface area contributed by atoms with Crippen molar-refractivity contribution in [2.24, 2.45) is 5.41 Å². The van der Waals surface area contributed by atoms with Crippen molar-refractivity contribution in [3.63, 3.8) is 0 Å². The molecule has 0 radical (unpaired) electrons. The lowest BCUT2D eigenvalue weighted by Gasteiger charge is -2.27. The van der Waals surface area contributed by atoms with Crippen LogP contribution in [0.25, 0.3) is 0 Å². The lowest BCUT2D eigenvalue weighted by Crippen LogP contribution is -2.39. The van der Waals surface area contributed by atoms with Gasteiger partial charge >= 0.3 is 0 Å². The number of hydrogen-bond acceptors (Lipinski definition) is 3. The molecular weight excluding hydrogens is 259 g/mol. The Labute approximate surface area is 118 Å². The van der Waals surface area contributed by atoms with Gasteiger partial charge in [-0.1, -0.05) is 6.07 Å². The number of phenols is 1. The van der Waals surface area contributed by atoms with E-state index in [1.54, 1.807) is 13.1 Å². The molecule has 0 bridgehead atoms. The van der Waals surface area contributed by atoms with Crippen molar-refractivity contribution >= 4 is 5.91 Å². The van der Waals surface area contributed by atoms with Crippen molar-refractivity contribution in [3.8, 4) is 5.75 Å². The van der Waals surface area contributed by atoms with Gasteiger partial charge in [0.2, 0.25) is 5.91 Å². The summed E-state index contributed by atoms with van der Waals surface area (Å²) in [6.07, 6.45) is 0.761. The van der Waals surface area contributed by atoms with Crippen LogP contribution in [0.15, 0.2) is 18.2 Å². The zero-order valence-electron chi connectivity index (χ0n) is 12.1. The Kier molecular flexibility index (Phi) is 3.99. The maximum absolute atomic E-state index is 13.9. The summed E-state index contributed by atoms with van der Waals surface area (Å²) >= 11 is 0. The second-order valence-corrected chi connectivity index (χ2v) is 5.74. The number of hydrogen-bond donors (Lipinski definition) is 2. The smallest absolute Gasteiger partial charge is 0.227 e. The van der Waals surface area contributed by atoms with Crippen LogP contribution in [0.4, 0.5) is 4.39 Å². The molecule has 1 aromatic carbocycles. The highest BCUT2D eigenvalue weighted by Crippen LogP contribution is 2.36. The van der Waals surface area contributed by atoms with Crippen LogP contribution in [0.5, 0.6) is 5.75 Å². The monoisotopic (exact) mass is 280 g/mol. The van der Waals surface area contributed by atoms with E-state index in [1.807, 2.05) is 13.8 Å². The molecule has 2 N–H and O–H groups in total. The number of rotatable bonds is 3. The zero-order chi connectivity index (χ0) is 14.9. The normalized spacial score (nSPS) is 24.6. The summed E-state index contributed by atoms with van der Waals surface area (Å²) in [6.45, 7) is 5.22. The van der Waals surface area contributed by atoms with Gasteiger partial charge in [0.05, 0.1) is 5.41 Å². The standard InChI is InChI=1S/C15H21FN2O2/c1-10(12-5-4-11(19)8-13(12)16)18-7-6-15(2,9-18)14(20)17-3/h4-5,8,10,19H,6-7,9H2,1-3H3,(H,17,20). The zero-order valence-corrected chi connectivity index (χ0v) is 12.1. The molecule has 0 saturated carbocycles. The molecule has 1 aromatic rings. The molecule has 2 rings (SSSR count). The van der Waals surface area contributed by atoms with Gasteiger partial charge in [0, 0.05) is 31.3 Å². The number of nitrogens with one attached hydrogen (secondary N) is 1. The van der Waals surface area contributed by atoms with Crippen molar-refractivity contribution in [2.45, 2.75) is 26.3 Å². The molecule has 0 aliphatic carbocycles. The van der Waals surface area contributed by atoms with Crippen molar-refractivity contribution in [1.29, 1.82) is 0 Å². The largest absolute Gasteiger partial charge is 0.508 e. The number of aromatic hydroxyl groups is 1. The third-order valence-electron chi connectivity index (χ3n) is 4.26. The molecule has 1 aliphatic rings. The summed E-state index contributed by atoms with van der Waals surface area (Å²) in [5.74, 6) is -0.459. The van der Waals surface area contributed by atoms with Gasteiger partial charge < -0.3 is 10.4 Å². The molecule has 2 atom stereocenters. The van der Waals surface area contributed by atoms with E-state index >= 15 is 0 Å². The number of likely N-dealkylation sites (tertiary alicyclic amines) is 1. The minimum absolute atomic E-state index is 0.0263. The first-order valence-electron chi connectivity index (χ1n) is 6.82. The van der Waals surface area contributed by atoms with Crippen LogP contribution in [0.1, 0.15) is 31.9 Å². The summed E-state index contributed by atoms with van der Waals surface area (Å²) in [7, 11) is 1.64. The Hall–Kier alpha value is -1.62. The molecule has 110 valence electrons. The van der Waals surface area contributed by atoms with Gasteiger partial charge in [-0.25, -0.2) is 4.39 Å². The summed E-state index contributed by atoms with van der Waals surface area (Å²) in [5.41, 5.74) is 0.125. The molecule has 2 unspecified atom stereocenters. The first-order chi connectivity index (χ1) is 9.37. The molecule has 1 saturated heterocycles. The van der Waals surface area contributed by atoms with E-state index in [9.17, 15) is 14.3 Å². The van der Waals surface area contributed by atoms with E-state index in [0.717, 1.165) is 19.0 Å². The molecule has 1 amide bonds. The van der Waals surface area contributed by atoms with E-state index in [-0.39, 0.29) is 17.7 Å². The number of halogens is 1. The molecule has 5 heteroatoms. The summed E-state index contributed by atoms with van der Waals surface area (Å²) < 4.78 is 13.9. The minimum Gasteiger partial charge on any atom is -0.508 e. The minimum atomic E-state index is -0.420. The highest BCUT2D eigenvalue weighted by atomic mass is 19.1. The predicted octanol–water partition coefficient (Wildman–Crippen LogP) is 2.05. The fraction of sp³-hybridized carbons (Fsp3) is 0.533. The fourth-order valence-electron chi connectivity index (χ4n) is 2.87. The maximum Gasteiger partial charge on any atom is 0.227 e. The highest BCUT2D eigenvalue weighted by molar-refractivity contribution is 5.82. The molecule has 4 nitrogen and oxygen atoms in total. The average Bonchev–Trinajstić information content (AvgIpc) is 2.81.